The van der Waals surface area contributed by atoms with Gasteiger partial charge in [0, 0.05) is 23.2 Å². The maximum Gasteiger partial charge on any atom is 0.156 e. The van der Waals surface area contributed by atoms with E-state index in [0.29, 0.717) is 0 Å². The molecule has 0 fully saturated rings. The van der Waals surface area contributed by atoms with Crippen molar-refractivity contribution < 1.29 is 4.42 Å². The summed E-state index contributed by atoms with van der Waals surface area (Å²) in [6.45, 7) is 0. The van der Waals surface area contributed by atoms with Crippen LogP contribution in [0.15, 0.2) is 95.5 Å². The van der Waals surface area contributed by atoms with Gasteiger partial charge in [-0.3, -0.25) is 0 Å². The minimum atomic E-state index is 0.779. The Labute approximate surface area is 160 Å². The number of hydrogen-bond donors (Lipinski definition) is 0. The summed E-state index contributed by atoms with van der Waals surface area (Å²) in [6, 6.07) is 28.6. The van der Waals surface area contributed by atoms with E-state index in [1.807, 2.05) is 40.9 Å². The highest BCUT2D eigenvalue weighted by atomic mass is 16.3. The molecule has 3 aromatic heterocycles. The molecule has 0 atom stereocenters. The third-order valence-electron chi connectivity index (χ3n) is 5.11. The second kappa shape index (κ2) is 5.79. The Kier molecular flexibility index (Phi) is 3.14. The maximum atomic E-state index is 6.20. The van der Waals surface area contributed by atoms with Crippen molar-refractivity contribution in [2.24, 2.45) is 0 Å². The van der Waals surface area contributed by atoms with E-state index in [1.165, 1.54) is 10.8 Å². The van der Waals surface area contributed by atoms with Gasteiger partial charge in [0.25, 0.3) is 0 Å². The van der Waals surface area contributed by atoms with E-state index in [1.54, 1.807) is 6.20 Å². The third kappa shape index (κ3) is 2.25. The molecule has 0 spiro atoms. The Morgan fingerprint density at radius 3 is 2.54 bits per heavy atom. The Morgan fingerprint density at radius 2 is 1.61 bits per heavy atom. The molecule has 0 aliphatic rings. The van der Waals surface area contributed by atoms with E-state index < -0.39 is 0 Å². The van der Waals surface area contributed by atoms with Gasteiger partial charge < -0.3 is 4.42 Å². The molecule has 3 heterocycles. The fourth-order valence-corrected chi connectivity index (χ4v) is 3.75. The van der Waals surface area contributed by atoms with Gasteiger partial charge in [0.15, 0.2) is 11.4 Å². The minimum absolute atomic E-state index is 0.779. The molecule has 0 aliphatic heterocycles. The van der Waals surface area contributed by atoms with Crippen LogP contribution in [0.4, 0.5) is 0 Å². The highest BCUT2D eigenvalue weighted by molar-refractivity contribution is 6.06. The van der Waals surface area contributed by atoms with Crippen molar-refractivity contribution in [1.82, 2.24) is 14.6 Å². The molecule has 0 bridgehead atoms. The van der Waals surface area contributed by atoms with Crippen LogP contribution >= 0.6 is 0 Å². The molecule has 28 heavy (non-hydrogen) atoms. The van der Waals surface area contributed by atoms with Crippen LogP contribution in [0.1, 0.15) is 0 Å². The first-order chi connectivity index (χ1) is 13.9. The van der Waals surface area contributed by atoms with Crippen LogP contribution in [0.3, 0.4) is 0 Å². The number of hydrogen-bond acceptors (Lipinski definition) is 3. The standard InChI is InChI=1S/C24H15N3O/c1-2-7-17(8-3-1)20-15-24-25-13-12-21(27(24)26-20)23-14-19-18-9-5-4-6-16(18)10-11-22(19)28-23/h1-15H. The zero-order valence-corrected chi connectivity index (χ0v) is 14.9. The molecule has 6 aromatic rings. The molecule has 0 saturated carbocycles. The van der Waals surface area contributed by atoms with E-state index in [9.17, 15) is 0 Å². The predicted octanol–water partition coefficient (Wildman–Crippen LogP) is 5.96. The number of nitrogens with zero attached hydrogens (tertiary/aromatic N) is 3. The molecule has 3 aromatic carbocycles. The second-order valence-electron chi connectivity index (χ2n) is 6.80. The van der Waals surface area contributed by atoms with Crippen LogP contribution < -0.4 is 0 Å². The number of benzene rings is 3. The fraction of sp³-hybridized carbons (Fsp3) is 0. The Balaban J connectivity index is 1.58. The lowest BCUT2D eigenvalue weighted by atomic mass is 10.1. The van der Waals surface area contributed by atoms with Gasteiger partial charge in [0.1, 0.15) is 11.3 Å². The van der Waals surface area contributed by atoms with Crippen molar-refractivity contribution in [2.45, 2.75) is 0 Å². The zero-order chi connectivity index (χ0) is 18.5. The van der Waals surface area contributed by atoms with Gasteiger partial charge in [-0.15, -0.1) is 0 Å². The van der Waals surface area contributed by atoms with Crippen molar-refractivity contribution >= 4 is 27.4 Å². The average Bonchev–Trinajstić information content (AvgIpc) is 3.38. The normalized spacial score (nSPS) is 11.6. The van der Waals surface area contributed by atoms with Crippen LogP contribution in [0, 0.1) is 0 Å². The number of fused-ring (bicyclic) bond motifs is 4. The van der Waals surface area contributed by atoms with Gasteiger partial charge in [-0.25, -0.2) is 9.50 Å². The molecule has 0 unspecified atom stereocenters. The number of rotatable bonds is 2. The second-order valence-corrected chi connectivity index (χ2v) is 6.80. The highest BCUT2D eigenvalue weighted by Crippen LogP contribution is 2.33. The molecule has 132 valence electrons. The van der Waals surface area contributed by atoms with E-state index >= 15 is 0 Å². The number of aromatic nitrogens is 3. The van der Waals surface area contributed by atoms with Gasteiger partial charge in [-0.1, -0.05) is 60.7 Å². The summed E-state index contributed by atoms with van der Waals surface area (Å²) in [5, 5.41) is 8.28. The Hall–Kier alpha value is -3.92. The third-order valence-corrected chi connectivity index (χ3v) is 5.11. The highest BCUT2D eigenvalue weighted by Gasteiger charge is 2.14. The quantitative estimate of drug-likeness (QED) is 0.382. The number of furan rings is 1. The molecule has 0 radical (unpaired) electrons. The molecule has 0 amide bonds. The molecular formula is C24H15N3O. The van der Waals surface area contributed by atoms with Crippen LogP contribution in [-0.4, -0.2) is 14.6 Å². The van der Waals surface area contributed by atoms with E-state index in [-0.39, 0.29) is 0 Å². The monoisotopic (exact) mass is 361 g/mol. The Morgan fingerprint density at radius 1 is 0.750 bits per heavy atom. The van der Waals surface area contributed by atoms with Crippen LogP contribution in [0.2, 0.25) is 0 Å². The van der Waals surface area contributed by atoms with Crippen molar-refractivity contribution in [2.75, 3.05) is 0 Å². The van der Waals surface area contributed by atoms with Crippen LogP contribution in [-0.2, 0) is 0 Å². The van der Waals surface area contributed by atoms with Crippen LogP contribution in [0.5, 0.6) is 0 Å². The Bertz CT molecular complexity index is 1460. The lowest BCUT2D eigenvalue weighted by Gasteiger charge is -2.00. The predicted molar refractivity (Wildman–Crippen MR) is 111 cm³/mol. The van der Waals surface area contributed by atoms with Crippen LogP contribution in [0.25, 0.3) is 50.1 Å². The van der Waals surface area contributed by atoms with Gasteiger partial charge in [0.05, 0.1) is 5.69 Å². The molecule has 6 rings (SSSR count). The first-order valence-corrected chi connectivity index (χ1v) is 9.19. The van der Waals surface area contributed by atoms with Gasteiger partial charge >= 0.3 is 0 Å². The molecule has 4 nitrogen and oxygen atoms in total. The molecule has 0 N–H and O–H groups in total. The fourth-order valence-electron chi connectivity index (χ4n) is 3.75. The molecular weight excluding hydrogens is 346 g/mol. The van der Waals surface area contributed by atoms with Crippen molar-refractivity contribution in [1.29, 1.82) is 0 Å². The molecule has 0 aliphatic carbocycles. The zero-order valence-electron chi connectivity index (χ0n) is 14.9. The van der Waals surface area contributed by atoms with Crippen molar-refractivity contribution in [3.05, 3.63) is 91.1 Å². The van der Waals surface area contributed by atoms with Gasteiger partial charge in [-0.05, 0) is 29.0 Å². The summed E-state index contributed by atoms with van der Waals surface area (Å²) >= 11 is 0. The lowest BCUT2D eigenvalue weighted by molar-refractivity contribution is 0.625. The first kappa shape index (κ1) is 15.2. The summed E-state index contributed by atoms with van der Waals surface area (Å²) in [5.74, 6) is 0.779. The van der Waals surface area contributed by atoms with E-state index in [0.717, 1.165) is 39.3 Å². The van der Waals surface area contributed by atoms with Gasteiger partial charge in [-0.2, -0.15) is 5.10 Å². The SMILES string of the molecule is c1ccc(-c2cc3nccc(-c4cc5c(ccc6ccccc65)o4)n3n2)cc1. The van der Waals surface area contributed by atoms with Crippen molar-refractivity contribution in [3.63, 3.8) is 0 Å². The summed E-state index contributed by atoms with van der Waals surface area (Å²) < 4.78 is 8.05. The van der Waals surface area contributed by atoms with E-state index in [2.05, 4.69) is 53.5 Å². The van der Waals surface area contributed by atoms with Gasteiger partial charge in [0.2, 0.25) is 0 Å². The maximum absolute atomic E-state index is 6.20. The summed E-state index contributed by atoms with van der Waals surface area (Å²) in [4.78, 5) is 4.48. The topological polar surface area (TPSA) is 43.3 Å². The minimum Gasteiger partial charge on any atom is -0.454 e. The molecule has 0 saturated heterocycles. The van der Waals surface area contributed by atoms with E-state index in [4.69, 9.17) is 9.52 Å². The lowest BCUT2D eigenvalue weighted by Crippen LogP contribution is -1.94. The first-order valence-electron chi connectivity index (χ1n) is 9.19. The summed E-state index contributed by atoms with van der Waals surface area (Å²) in [5.41, 5.74) is 4.50. The average molecular weight is 361 g/mol. The van der Waals surface area contributed by atoms with Crippen molar-refractivity contribution in [3.8, 4) is 22.7 Å². The summed E-state index contributed by atoms with van der Waals surface area (Å²) in [6.07, 6.45) is 1.80. The molecule has 4 heteroatoms. The summed E-state index contributed by atoms with van der Waals surface area (Å²) in [7, 11) is 0. The smallest absolute Gasteiger partial charge is 0.156 e. The largest absolute Gasteiger partial charge is 0.454 e.